The lowest BCUT2D eigenvalue weighted by molar-refractivity contribution is -0.0430. The Morgan fingerprint density at radius 2 is 1.81 bits per heavy atom. The maximum atomic E-state index is 2.74. The third-order valence-corrected chi connectivity index (χ3v) is 10.4. The fraction of sp³-hybridized carbons (Fsp3) is 0.917. The fourth-order valence-corrected chi connectivity index (χ4v) is 8.88. The maximum absolute atomic E-state index is 2.74. The lowest BCUT2D eigenvalue weighted by Gasteiger charge is -2.58. The molecule has 4 aliphatic carbocycles. The van der Waals surface area contributed by atoms with Crippen LogP contribution in [0, 0.1) is 34.5 Å². The van der Waals surface area contributed by atoms with Crippen molar-refractivity contribution in [1.29, 1.82) is 0 Å². The highest BCUT2D eigenvalue weighted by Crippen LogP contribution is 2.68. The van der Waals surface area contributed by atoms with Gasteiger partial charge in [0.15, 0.2) is 0 Å². The van der Waals surface area contributed by atoms with E-state index in [1.807, 2.05) is 5.57 Å². The first-order valence-electron chi connectivity index (χ1n) is 11.4. The van der Waals surface area contributed by atoms with Gasteiger partial charge in [-0.1, -0.05) is 18.6 Å². The number of hydrogen-bond donors (Lipinski definition) is 0. The van der Waals surface area contributed by atoms with Gasteiger partial charge >= 0.3 is 0 Å². The first-order valence-corrected chi connectivity index (χ1v) is 11.4. The van der Waals surface area contributed by atoms with Gasteiger partial charge in [0.2, 0.25) is 0 Å². The Balaban J connectivity index is 1.45. The highest BCUT2D eigenvalue weighted by atomic mass is 15.2. The van der Waals surface area contributed by atoms with Crippen molar-refractivity contribution in [2.45, 2.75) is 77.3 Å². The summed E-state index contributed by atoms with van der Waals surface area (Å²) in [5.41, 5.74) is 3.04. The molecule has 1 saturated heterocycles. The largest absolute Gasteiger partial charge is 0.306 e. The molecule has 5 rings (SSSR count). The highest BCUT2D eigenvalue weighted by molar-refractivity contribution is 5.26. The van der Waals surface area contributed by atoms with Gasteiger partial charge in [-0.25, -0.2) is 0 Å². The molecule has 1 aliphatic heterocycles. The number of fused-ring (bicyclic) bond motifs is 4. The van der Waals surface area contributed by atoms with E-state index < -0.39 is 0 Å². The molecule has 8 atom stereocenters. The summed E-state index contributed by atoms with van der Waals surface area (Å²) in [5.74, 6) is 3.96. The molecular weight excluding hydrogens is 316 g/mol. The van der Waals surface area contributed by atoms with Crippen molar-refractivity contribution in [1.82, 2.24) is 9.80 Å². The Morgan fingerprint density at radius 1 is 1.04 bits per heavy atom. The minimum Gasteiger partial charge on any atom is -0.306 e. The van der Waals surface area contributed by atoms with Crippen LogP contribution in [0.25, 0.3) is 0 Å². The summed E-state index contributed by atoms with van der Waals surface area (Å²) < 4.78 is 0. The Morgan fingerprint density at radius 3 is 2.58 bits per heavy atom. The van der Waals surface area contributed by atoms with Crippen LogP contribution in [-0.4, -0.2) is 49.6 Å². The zero-order valence-corrected chi connectivity index (χ0v) is 17.8. The lowest BCUT2D eigenvalue weighted by atomic mass is 9.47. The third-order valence-electron chi connectivity index (χ3n) is 10.4. The van der Waals surface area contributed by atoms with Gasteiger partial charge in [0.25, 0.3) is 0 Å². The van der Waals surface area contributed by atoms with Gasteiger partial charge in [0.1, 0.15) is 0 Å². The first-order chi connectivity index (χ1) is 12.4. The van der Waals surface area contributed by atoms with Gasteiger partial charge in [-0.2, -0.15) is 0 Å². The van der Waals surface area contributed by atoms with Crippen molar-refractivity contribution in [3.63, 3.8) is 0 Å². The zero-order chi connectivity index (χ0) is 18.3. The van der Waals surface area contributed by atoms with Crippen LogP contribution in [0.3, 0.4) is 0 Å². The predicted octanol–water partition coefficient (Wildman–Crippen LogP) is 4.81. The van der Waals surface area contributed by atoms with E-state index in [-0.39, 0.29) is 0 Å². The molecule has 0 amide bonds. The van der Waals surface area contributed by atoms with Gasteiger partial charge in [-0.15, -0.1) is 0 Å². The van der Waals surface area contributed by atoms with Crippen LogP contribution in [0.5, 0.6) is 0 Å². The quantitative estimate of drug-likeness (QED) is 0.622. The van der Waals surface area contributed by atoms with Crippen molar-refractivity contribution in [2.75, 3.05) is 27.7 Å². The van der Waals surface area contributed by atoms with Crippen LogP contribution >= 0.6 is 0 Å². The van der Waals surface area contributed by atoms with Gasteiger partial charge in [0, 0.05) is 18.6 Å². The Labute approximate surface area is 161 Å². The van der Waals surface area contributed by atoms with Crippen molar-refractivity contribution in [3.05, 3.63) is 11.6 Å². The molecule has 4 fully saturated rings. The summed E-state index contributed by atoms with van der Waals surface area (Å²) in [6.45, 7) is 6.56. The van der Waals surface area contributed by atoms with Crippen molar-refractivity contribution >= 4 is 0 Å². The molecule has 146 valence electrons. The molecule has 26 heavy (non-hydrogen) atoms. The molecular formula is C24H40N2. The number of rotatable bonds is 1. The summed E-state index contributed by atoms with van der Waals surface area (Å²) in [5, 5.41) is 0. The van der Waals surface area contributed by atoms with Crippen molar-refractivity contribution < 1.29 is 0 Å². The SMILES string of the molecule is C[C@@H]1[C@@H]2CC[C@@H]3[C@H]4CC=C5C[C@@H](N(C)C)CC[C@]5(C)[C@@H]4CC[C@]32CN1C. The average Bonchev–Trinajstić information content (AvgIpc) is 3.08. The second-order valence-corrected chi connectivity index (χ2v) is 11.2. The Hall–Kier alpha value is -0.340. The van der Waals surface area contributed by atoms with Gasteiger partial charge < -0.3 is 9.80 Å². The Bertz CT molecular complexity index is 609. The van der Waals surface area contributed by atoms with E-state index >= 15 is 0 Å². The molecule has 0 unspecified atom stereocenters. The normalized spacial score (nSPS) is 53.7. The van der Waals surface area contributed by atoms with Crippen LogP contribution in [0.4, 0.5) is 0 Å². The third kappa shape index (κ3) is 2.18. The molecule has 1 spiro atoms. The molecule has 0 aromatic heterocycles. The standard InChI is InChI=1S/C24H40N2/c1-16-20-8-9-22-19-7-6-17-14-18(25(3)4)10-12-23(17,2)21(19)11-13-24(20,22)15-26(16)5/h6,16,18-22H,7-15H2,1-5H3/t16-,18+,19+,20+,21-,22-,23+,24-/m1/s1. The number of allylic oxidation sites excluding steroid dienone is 1. The lowest BCUT2D eigenvalue weighted by Crippen LogP contribution is -2.52. The van der Waals surface area contributed by atoms with Crippen LogP contribution in [-0.2, 0) is 0 Å². The number of hydrogen-bond acceptors (Lipinski definition) is 2. The van der Waals surface area contributed by atoms with Crippen molar-refractivity contribution in [3.8, 4) is 0 Å². The smallest absolute Gasteiger partial charge is 0.0127 e. The second kappa shape index (κ2) is 5.83. The molecule has 2 heteroatoms. The van der Waals surface area contributed by atoms with Crippen LogP contribution in [0.1, 0.15) is 65.2 Å². The van der Waals surface area contributed by atoms with E-state index in [0.717, 1.165) is 35.8 Å². The summed E-state index contributed by atoms with van der Waals surface area (Å²) >= 11 is 0. The molecule has 3 saturated carbocycles. The van der Waals surface area contributed by atoms with Gasteiger partial charge in [0.05, 0.1) is 0 Å². The van der Waals surface area contributed by atoms with Gasteiger partial charge in [-0.3, -0.25) is 0 Å². The summed E-state index contributed by atoms with van der Waals surface area (Å²) in [4.78, 5) is 5.17. The van der Waals surface area contributed by atoms with Crippen LogP contribution in [0.15, 0.2) is 11.6 Å². The summed E-state index contributed by atoms with van der Waals surface area (Å²) in [6.07, 6.45) is 14.4. The molecule has 0 aromatic carbocycles. The molecule has 0 aromatic rings. The van der Waals surface area contributed by atoms with Crippen molar-refractivity contribution in [2.24, 2.45) is 34.5 Å². The van der Waals surface area contributed by atoms with Crippen LogP contribution < -0.4 is 0 Å². The fourth-order valence-electron chi connectivity index (χ4n) is 8.88. The Kier molecular flexibility index (Phi) is 3.98. The topological polar surface area (TPSA) is 6.48 Å². The number of nitrogens with zero attached hydrogens (tertiary/aromatic N) is 2. The molecule has 0 bridgehead atoms. The monoisotopic (exact) mass is 356 g/mol. The molecule has 5 aliphatic rings. The van der Waals surface area contributed by atoms with Gasteiger partial charge in [-0.05, 0) is 114 Å². The van der Waals surface area contributed by atoms with Crippen LogP contribution in [0.2, 0.25) is 0 Å². The van der Waals surface area contributed by atoms with E-state index in [0.29, 0.717) is 10.8 Å². The molecule has 2 nitrogen and oxygen atoms in total. The average molecular weight is 357 g/mol. The summed E-state index contributed by atoms with van der Waals surface area (Å²) in [6, 6.07) is 1.60. The first kappa shape index (κ1) is 17.7. The summed E-state index contributed by atoms with van der Waals surface area (Å²) in [7, 11) is 6.95. The minimum absolute atomic E-state index is 0.519. The minimum atomic E-state index is 0.519. The van der Waals surface area contributed by atoms with E-state index in [9.17, 15) is 0 Å². The molecule has 1 heterocycles. The predicted molar refractivity (Wildman–Crippen MR) is 109 cm³/mol. The zero-order valence-electron chi connectivity index (χ0n) is 17.8. The molecule has 0 N–H and O–H groups in total. The highest BCUT2D eigenvalue weighted by Gasteiger charge is 2.63. The van der Waals surface area contributed by atoms with E-state index in [4.69, 9.17) is 0 Å². The van der Waals surface area contributed by atoms with E-state index in [1.165, 1.54) is 57.9 Å². The molecule has 0 radical (unpaired) electrons. The number of likely N-dealkylation sites (tertiary alicyclic amines) is 1. The maximum Gasteiger partial charge on any atom is 0.0127 e. The van der Waals surface area contributed by atoms with E-state index in [2.05, 4.69) is 50.9 Å². The second-order valence-electron chi connectivity index (χ2n) is 11.2. The van der Waals surface area contributed by atoms with E-state index in [1.54, 1.807) is 0 Å².